The Morgan fingerprint density at radius 2 is 1.76 bits per heavy atom. The molecule has 1 aromatic carbocycles. The molecule has 1 heterocycles. The Balaban J connectivity index is 1.98. The van der Waals surface area contributed by atoms with Crippen LogP contribution in [0.1, 0.15) is 49.3 Å². The molecule has 140 valence electrons. The van der Waals surface area contributed by atoms with Gasteiger partial charge in [-0.1, -0.05) is 19.3 Å². The molecule has 1 atom stereocenters. The fraction of sp³-hybridized carbons (Fsp3) is 0.684. The van der Waals surface area contributed by atoms with E-state index < -0.39 is 11.7 Å². The summed E-state index contributed by atoms with van der Waals surface area (Å²) >= 11 is 0. The maximum absolute atomic E-state index is 13.4. The Morgan fingerprint density at radius 3 is 2.36 bits per heavy atom. The molecular formula is C19H27F3N2O. The first-order valence-corrected chi connectivity index (χ1v) is 9.20. The molecule has 0 radical (unpaired) electrons. The predicted octanol–water partition coefficient (Wildman–Crippen LogP) is 4.24. The molecule has 2 fully saturated rings. The van der Waals surface area contributed by atoms with Crippen molar-refractivity contribution in [2.75, 3.05) is 33.3 Å². The summed E-state index contributed by atoms with van der Waals surface area (Å²) in [5.41, 5.74) is 0.137. The van der Waals surface area contributed by atoms with Crippen LogP contribution in [-0.4, -0.2) is 38.2 Å². The van der Waals surface area contributed by atoms with Crippen LogP contribution in [0.5, 0.6) is 5.75 Å². The van der Waals surface area contributed by atoms with Crippen LogP contribution >= 0.6 is 0 Å². The lowest BCUT2D eigenvalue weighted by Gasteiger charge is -2.41. The molecule has 6 heteroatoms. The molecule has 0 aromatic heterocycles. The zero-order valence-corrected chi connectivity index (χ0v) is 14.7. The van der Waals surface area contributed by atoms with Gasteiger partial charge in [0.1, 0.15) is 5.75 Å². The zero-order chi connectivity index (χ0) is 17.9. The third-order valence-corrected chi connectivity index (χ3v) is 5.47. The summed E-state index contributed by atoms with van der Waals surface area (Å²) in [5.74, 6) is 0.709. The average molecular weight is 356 g/mol. The lowest BCUT2D eigenvalue weighted by atomic mass is 9.79. The van der Waals surface area contributed by atoms with Crippen LogP contribution in [0, 0.1) is 5.92 Å². The van der Waals surface area contributed by atoms with Gasteiger partial charge in [0.2, 0.25) is 0 Å². The van der Waals surface area contributed by atoms with Gasteiger partial charge in [0, 0.05) is 32.2 Å². The standard InChI is InChI=1S/C19H27F3N2O/c1-25-17-12-15(11-16(13-17)19(20,21)22)18(14-5-3-2-4-6-14)24-9-7-23-8-10-24/h11-14,18,23H,2-10H2,1H3/t18-/m1/s1. The summed E-state index contributed by atoms with van der Waals surface area (Å²) in [6, 6.07) is 4.28. The third-order valence-electron chi connectivity index (χ3n) is 5.47. The number of nitrogens with zero attached hydrogens (tertiary/aromatic N) is 1. The molecule has 1 N–H and O–H groups in total. The number of rotatable bonds is 4. The van der Waals surface area contributed by atoms with E-state index >= 15 is 0 Å². The van der Waals surface area contributed by atoms with Gasteiger partial charge in [-0.15, -0.1) is 0 Å². The maximum Gasteiger partial charge on any atom is 0.416 e. The summed E-state index contributed by atoms with van der Waals surface area (Å²) in [6.07, 6.45) is 1.40. The van der Waals surface area contributed by atoms with Crippen molar-refractivity contribution in [3.8, 4) is 5.75 Å². The molecule has 1 saturated heterocycles. The highest BCUT2D eigenvalue weighted by Crippen LogP contribution is 2.41. The van der Waals surface area contributed by atoms with Gasteiger partial charge in [0.05, 0.1) is 12.7 Å². The Labute approximate surface area is 147 Å². The van der Waals surface area contributed by atoms with E-state index in [9.17, 15) is 13.2 Å². The van der Waals surface area contributed by atoms with Crippen LogP contribution in [0.15, 0.2) is 18.2 Å². The Morgan fingerprint density at radius 1 is 1.08 bits per heavy atom. The molecule has 2 aliphatic rings. The van der Waals surface area contributed by atoms with Crippen LogP contribution in [0.2, 0.25) is 0 Å². The molecule has 0 spiro atoms. The number of ether oxygens (including phenoxy) is 1. The fourth-order valence-electron chi connectivity index (χ4n) is 4.27. The van der Waals surface area contributed by atoms with E-state index in [2.05, 4.69) is 10.2 Å². The Kier molecular flexibility index (Phi) is 5.89. The number of halogens is 3. The predicted molar refractivity (Wildman–Crippen MR) is 91.8 cm³/mol. The van der Waals surface area contributed by atoms with E-state index in [1.54, 1.807) is 6.07 Å². The zero-order valence-electron chi connectivity index (χ0n) is 14.7. The number of piperazine rings is 1. The molecule has 3 nitrogen and oxygen atoms in total. The van der Waals surface area contributed by atoms with Crippen LogP contribution in [-0.2, 0) is 6.18 Å². The normalized spacial score (nSPS) is 21.9. The van der Waals surface area contributed by atoms with Crippen molar-refractivity contribution in [2.45, 2.75) is 44.3 Å². The van der Waals surface area contributed by atoms with Crippen molar-refractivity contribution in [1.29, 1.82) is 0 Å². The second-order valence-electron chi connectivity index (χ2n) is 7.12. The highest BCUT2D eigenvalue weighted by molar-refractivity contribution is 5.38. The molecule has 1 aromatic rings. The number of methoxy groups -OCH3 is 1. The highest BCUT2D eigenvalue weighted by atomic mass is 19.4. The quantitative estimate of drug-likeness (QED) is 0.873. The van der Waals surface area contributed by atoms with Gasteiger partial charge >= 0.3 is 6.18 Å². The number of nitrogens with one attached hydrogen (secondary N) is 1. The molecule has 0 amide bonds. The van der Waals surface area contributed by atoms with Gasteiger partial charge in [0.25, 0.3) is 0 Å². The summed E-state index contributed by atoms with van der Waals surface area (Å²) in [5, 5.41) is 3.34. The Bertz CT molecular complexity index is 546. The second kappa shape index (κ2) is 7.96. The van der Waals surface area contributed by atoms with Crippen molar-refractivity contribution in [3.63, 3.8) is 0 Å². The van der Waals surface area contributed by atoms with Gasteiger partial charge in [-0.2, -0.15) is 13.2 Å². The average Bonchev–Trinajstić information content (AvgIpc) is 2.63. The highest BCUT2D eigenvalue weighted by Gasteiger charge is 2.35. The van der Waals surface area contributed by atoms with E-state index in [-0.39, 0.29) is 6.04 Å². The minimum Gasteiger partial charge on any atom is -0.497 e. The molecule has 1 saturated carbocycles. The lowest BCUT2D eigenvalue weighted by Crippen LogP contribution is -2.47. The van der Waals surface area contributed by atoms with Crippen molar-refractivity contribution in [3.05, 3.63) is 29.3 Å². The van der Waals surface area contributed by atoms with E-state index in [0.717, 1.165) is 50.7 Å². The SMILES string of the molecule is COc1cc([C@@H](C2CCCCC2)N2CCNCC2)cc(C(F)(F)F)c1. The first kappa shape index (κ1) is 18.5. The van der Waals surface area contributed by atoms with Gasteiger partial charge in [-0.05, 0) is 42.5 Å². The number of alkyl halides is 3. The van der Waals surface area contributed by atoms with E-state index in [1.165, 1.54) is 32.4 Å². The molecular weight excluding hydrogens is 329 g/mol. The Hall–Kier alpha value is -1.27. The van der Waals surface area contributed by atoms with Crippen LogP contribution in [0.4, 0.5) is 13.2 Å². The van der Waals surface area contributed by atoms with E-state index in [1.807, 2.05) is 0 Å². The van der Waals surface area contributed by atoms with Gasteiger partial charge in [0.15, 0.2) is 0 Å². The summed E-state index contributed by atoms with van der Waals surface area (Å²) in [6.45, 7) is 3.53. The molecule has 25 heavy (non-hydrogen) atoms. The summed E-state index contributed by atoms with van der Waals surface area (Å²) < 4.78 is 45.2. The van der Waals surface area contributed by atoms with Crippen LogP contribution < -0.4 is 10.1 Å². The molecule has 1 aliphatic carbocycles. The van der Waals surface area contributed by atoms with Crippen molar-refractivity contribution in [2.24, 2.45) is 5.92 Å². The first-order chi connectivity index (χ1) is 12.0. The summed E-state index contributed by atoms with van der Waals surface area (Å²) in [7, 11) is 1.43. The van der Waals surface area contributed by atoms with Crippen molar-refractivity contribution in [1.82, 2.24) is 10.2 Å². The van der Waals surface area contributed by atoms with Crippen LogP contribution in [0.3, 0.4) is 0 Å². The minimum atomic E-state index is -4.36. The second-order valence-corrected chi connectivity index (χ2v) is 7.12. The maximum atomic E-state index is 13.4. The molecule has 1 aliphatic heterocycles. The first-order valence-electron chi connectivity index (χ1n) is 9.20. The number of hydrogen-bond donors (Lipinski definition) is 1. The smallest absolute Gasteiger partial charge is 0.416 e. The van der Waals surface area contributed by atoms with Gasteiger partial charge < -0.3 is 10.1 Å². The topological polar surface area (TPSA) is 24.5 Å². The van der Waals surface area contributed by atoms with Gasteiger partial charge in [-0.3, -0.25) is 4.90 Å². The molecule has 3 rings (SSSR count). The molecule has 0 unspecified atom stereocenters. The molecule has 0 bridgehead atoms. The number of benzene rings is 1. The van der Waals surface area contributed by atoms with Crippen molar-refractivity contribution < 1.29 is 17.9 Å². The lowest BCUT2D eigenvalue weighted by molar-refractivity contribution is -0.137. The van der Waals surface area contributed by atoms with Crippen LogP contribution in [0.25, 0.3) is 0 Å². The third kappa shape index (κ3) is 4.47. The largest absolute Gasteiger partial charge is 0.497 e. The minimum absolute atomic E-state index is 0.0404. The number of hydrogen-bond acceptors (Lipinski definition) is 3. The summed E-state index contributed by atoms with van der Waals surface area (Å²) in [4.78, 5) is 2.36. The van der Waals surface area contributed by atoms with Gasteiger partial charge in [-0.25, -0.2) is 0 Å². The van der Waals surface area contributed by atoms with Crippen molar-refractivity contribution >= 4 is 0 Å². The van der Waals surface area contributed by atoms with E-state index in [0.29, 0.717) is 11.7 Å². The van der Waals surface area contributed by atoms with E-state index in [4.69, 9.17) is 4.74 Å². The monoisotopic (exact) mass is 356 g/mol. The fourth-order valence-corrected chi connectivity index (χ4v) is 4.27.